The highest BCUT2D eigenvalue weighted by molar-refractivity contribution is 7.91. The van der Waals surface area contributed by atoms with Gasteiger partial charge in [0.15, 0.2) is 0 Å². The third-order valence-corrected chi connectivity index (χ3v) is 5.43. The van der Waals surface area contributed by atoms with Gasteiger partial charge in [0.05, 0.1) is 4.34 Å². The summed E-state index contributed by atoms with van der Waals surface area (Å²) in [6.45, 7) is 3.74. The fourth-order valence-electron chi connectivity index (χ4n) is 0.935. The molecule has 0 saturated carbocycles. The molecule has 0 spiro atoms. The van der Waals surface area contributed by atoms with E-state index in [0.717, 1.165) is 16.9 Å². The molecule has 86 valence electrons. The Balaban J connectivity index is 2.96. The minimum absolute atomic E-state index is 0.227. The van der Waals surface area contributed by atoms with E-state index >= 15 is 0 Å². The van der Waals surface area contributed by atoms with E-state index in [4.69, 9.17) is 17.3 Å². The maximum absolute atomic E-state index is 11.8. The minimum Gasteiger partial charge on any atom is -0.329 e. The van der Waals surface area contributed by atoms with Gasteiger partial charge in [-0.3, -0.25) is 0 Å². The van der Waals surface area contributed by atoms with Crippen molar-refractivity contribution in [1.29, 1.82) is 0 Å². The highest BCUT2D eigenvalue weighted by Crippen LogP contribution is 2.29. The number of sulfonamides is 1. The molecule has 0 aromatic carbocycles. The molecule has 1 rings (SSSR count). The lowest BCUT2D eigenvalue weighted by molar-refractivity contribution is 0.564. The molecule has 0 bridgehead atoms. The largest absolute Gasteiger partial charge is 0.329 e. The van der Waals surface area contributed by atoms with E-state index in [1.54, 1.807) is 19.9 Å². The van der Waals surface area contributed by atoms with Crippen LogP contribution in [0.25, 0.3) is 0 Å². The minimum atomic E-state index is -3.47. The van der Waals surface area contributed by atoms with E-state index in [1.165, 1.54) is 0 Å². The second-order valence-electron chi connectivity index (χ2n) is 3.28. The van der Waals surface area contributed by atoms with Crippen LogP contribution in [-0.4, -0.2) is 21.0 Å². The Morgan fingerprint density at radius 3 is 2.67 bits per heavy atom. The molecule has 1 aromatic heterocycles. The predicted molar refractivity (Wildman–Crippen MR) is 62.9 cm³/mol. The fraction of sp³-hybridized carbons (Fsp3) is 0.500. The summed E-state index contributed by atoms with van der Waals surface area (Å²) in [6.07, 6.45) is 0. The van der Waals surface area contributed by atoms with Crippen LogP contribution < -0.4 is 10.5 Å². The van der Waals surface area contributed by atoms with Crippen LogP contribution in [0, 0.1) is 6.92 Å². The van der Waals surface area contributed by atoms with Gasteiger partial charge in [-0.1, -0.05) is 11.6 Å². The second kappa shape index (κ2) is 4.80. The molecule has 0 saturated heterocycles. The molecule has 0 aliphatic carbocycles. The summed E-state index contributed by atoms with van der Waals surface area (Å²) < 4.78 is 26.7. The van der Waals surface area contributed by atoms with Crippen molar-refractivity contribution < 1.29 is 8.42 Å². The second-order valence-corrected chi connectivity index (χ2v) is 6.88. The zero-order chi connectivity index (χ0) is 11.6. The normalized spacial score (nSPS) is 14.1. The summed E-state index contributed by atoms with van der Waals surface area (Å²) in [6, 6.07) is 1.27. The van der Waals surface area contributed by atoms with Crippen LogP contribution in [0.3, 0.4) is 0 Å². The van der Waals surface area contributed by atoms with E-state index < -0.39 is 10.0 Å². The molecule has 0 aliphatic heterocycles. The van der Waals surface area contributed by atoms with Crippen molar-refractivity contribution in [3.8, 4) is 0 Å². The summed E-state index contributed by atoms with van der Waals surface area (Å²) in [4.78, 5) is 0. The van der Waals surface area contributed by atoms with Crippen molar-refractivity contribution in [2.24, 2.45) is 5.73 Å². The molecule has 1 atom stereocenters. The predicted octanol–water partition coefficient (Wildman–Crippen LogP) is 1.34. The molecule has 7 heteroatoms. The Hall–Kier alpha value is -0.140. The first-order chi connectivity index (χ1) is 6.86. The maximum atomic E-state index is 11.8. The third-order valence-electron chi connectivity index (χ3n) is 1.81. The summed E-state index contributed by atoms with van der Waals surface area (Å²) in [7, 11) is -3.47. The van der Waals surface area contributed by atoms with Crippen LogP contribution in [0.4, 0.5) is 0 Å². The smallest absolute Gasteiger partial charge is 0.250 e. The number of thiophene rings is 1. The van der Waals surface area contributed by atoms with Crippen molar-refractivity contribution in [2.75, 3.05) is 6.54 Å². The van der Waals surface area contributed by atoms with Crippen LogP contribution in [-0.2, 0) is 10.0 Å². The molecule has 0 amide bonds. The highest BCUT2D eigenvalue weighted by Gasteiger charge is 2.19. The van der Waals surface area contributed by atoms with Gasteiger partial charge in [-0.2, -0.15) is 0 Å². The molecule has 15 heavy (non-hydrogen) atoms. The van der Waals surface area contributed by atoms with Crippen molar-refractivity contribution >= 4 is 33.0 Å². The first-order valence-corrected chi connectivity index (χ1v) is 7.03. The van der Waals surface area contributed by atoms with Crippen molar-refractivity contribution in [3.63, 3.8) is 0 Å². The van der Waals surface area contributed by atoms with Crippen LogP contribution >= 0.6 is 22.9 Å². The Labute approximate surface area is 98.5 Å². The molecule has 1 aromatic rings. The van der Waals surface area contributed by atoms with Crippen molar-refractivity contribution in [3.05, 3.63) is 16.0 Å². The van der Waals surface area contributed by atoms with Gasteiger partial charge in [-0.15, -0.1) is 11.3 Å². The number of rotatable bonds is 4. The number of aryl methyl sites for hydroxylation is 1. The summed E-state index contributed by atoms with van der Waals surface area (Å²) >= 11 is 6.86. The van der Waals surface area contributed by atoms with E-state index in [0.29, 0.717) is 4.34 Å². The van der Waals surface area contributed by atoms with Gasteiger partial charge in [-0.25, -0.2) is 13.1 Å². The van der Waals surface area contributed by atoms with Gasteiger partial charge in [-0.05, 0) is 25.5 Å². The number of nitrogens with one attached hydrogen (secondary N) is 1. The Bertz CT molecular complexity index is 422. The van der Waals surface area contributed by atoms with Crippen molar-refractivity contribution in [2.45, 2.75) is 24.1 Å². The topological polar surface area (TPSA) is 72.2 Å². The van der Waals surface area contributed by atoms with Gasteiger partial charge >= 0.3 is 0 Å². The number of hydrogen-bond donors (Lipinski definition) is 2. The lowest BCUT2D eigenvalue weighted by Gasteiger charge is -2.09. The summed E-state index contributed by atoms with van der Waals surface area (Å²) in [5.41, 5.74) is 6.11. The van der Waals surface area contributed by atoms with Gasteiger partial charge in [0.1, 0.15) is 4.21 Å². The quantitative estimate of drug-likeness (QED) is 0.866. The van der Waals surface area contributed by atoms with Crippen LogP contribution in [0.2, 0.25) is 4.34 Å². The van der Waals surface area contributed by atoms with Crippen LogP contribution in [0.15, 0.2) is 10.3 Å². The monoisotopic (exact) mass is 268 g/mol. The third kappa shape index (κ3) is 3.15. The summed E-state index contributed by atoms with van der Waals surface area (Å²) in [5, 5.41) is 0. The zero-order valence-corrected chi connectivity index (χ0v) is 10.8. The molecule has 1 heterocycles. The molecule has 1 unspecified atom stereocenters. The van der Waals surface area contributed by atoms with Crippen LogP contribution in [0.5, 0.6) is 0 Å². The van der Waals surface area contributed by atoms with E-state index in [1.807, 2.05) is 0 Å². The lowest BCUT2D eigenvalue weighted by atomic mass is 10.4. The highest BCUT2D eigenvalue weighted by atomic mass is 35.5. The molecule has 3 N–H and O–H groups in total. The SMILES string of the molecule is Cc1cc(S(=O)(=O)NC(C)CN)sc1Cl. The van der Waals surface area contributed by atoms with E-state index in [2.05, 4.69) is 4.72 Å². The first-order valence-electron chi connectivity index (χ1n) is 4.35. The average molecular weight is 269 g/mol. The van der Waals surface area contributed by atoms with Crippen molar-refractivity contribution in [1.82, 2.24) is 4.72 Å². The number of halogens is 1. The molecule has 0 radical (unpaired) electrons. The zero-order valence-electron chi connectivity index (χ0n) is 8.45. The average Bonchev–Trinajstić information content (AvgIpc) is 2.47. The molecule has 0 aliphatic rings. The Kier molecular flexibility index (Phi) is 4.13. The molecule has 0 fully saturated rings. The number of nitrogens with two attached hydrogens (primary N) is 1. The molecular formula is C8H13ClN2O2S2. The standard InChI is InChI=1S/C8H13ClN2O2S2/c1-5-3-7(14-8(5)9)15(12,13)11-6(2)4-10/h3,6,11H,4,10H2,1-2H3. The van der Waals surface area contributed by atoms with Gasteiger partial charge < -0.3 is 5.73 Å². The Morgan fingerprint density at radius 1 is 1.67 bits per heavy atom. The first kappa shape index (κ1) is 12.9. The van der Waals surface area contributed by atoms with E-state index in [9.17, 15) is 8.42 Å². The van der Waals surface area contributed by atoms with E-state index in [-0.39, 0.29) is 16.8 Å². The fourth-order valence-corrected chi connectivity index (χ4v) is 3.92. The van der Waals surface area contributed by atoms with Gasteiger partial charge in [0, 0.05) is 12.6 Å². The molecular weight excluding hydrogens is 256 g/mol. The van der Waals surface area contributed by atoms with Gasteiger partial charge in [0.2, 0.25) is 10.0 Å². The van der Waals surface area contributed by atoms with Gasteiger partial charge in [0.25, 0.3) is 0 Å². The molecule has 4 nitrogen and oxygen atoms in total. The Morgan fingerprint density at radius 2 is 2.27 bits per heavy atom. The lowest BCUT2D eigenvalue weighted by Crippen LogP contribution is -2.37. The summed E-state index contributed by atoms with van der Waals surface area (Å²) in [5.74, 6) is 0. The van der Waals surface area contributed by atoms with Crippen LogP contribution in [0.1, 0.15) is 12.5 Å². The maximum Gasteiger partial charge on any atom is 0.250 e. The number of hydrogen-bond acceptors (Lipinski definition) is 4.